The van der Waals surface area contributed by atoms with E-state index in [-0.39, 0.29) is 18.1 Å². The van der Waals surface area contributed by atoms with Crippen LogP contribution in [0.15, 0.2) is 35.1 Å². The zero-order valence-corrected chi connectivity index (χ0v) is 17.1. The number of rotatable bonds is 3. The number of nitrogens with zero attached hydrogens (tertiary/aromatic N) is 5. The minimum absolute atomic E-state index is 0.150. The van der Waals surface area contributed by atoms with Crippen molar-refractivity contribution in [2.75, 3.05) is 19.3 Å². The van der Waals surface area contributed by atoms with E-state index in [1.807, 2.05) is 25.1 Å². The quantitative estimate of drug-likeness (QED) is 0.514. The van der Waals surface area contributed by atoms with Crippen LogP contribution in [0.2, 0.25) is 0 Å². The topological polar surface area (TPSA) is 131 Å². The Labute approximate surface area is 175 Å². The summed E-state index contributed by atoms with van der Waals surface area (Å²) in [5.41, 5.74) is 8.08. The molecule has 4 heterocycles. The SMILES string of the molecule is Cc1ccc(-c2cc(C3(O)CCN(C)C3=O)on2)cc1-c1nc2c(N)ncnc2s1. The van der Waals surface area contributed by atoms with Gasteiger partial charge in [-0.1, -0.05) is 28.6 Å². The molecule has 0 spiro atoms. The van der Waals surface area contributed by atoms with Crippen LogP contribution in [0.4, 0.5) is 5.82 Å². The lowest BCUT2D eigenvalue weighted by atomic mass is 9.97. The molecule has 0 saturated carbocycles. The number of likely N-dealkylation sites (tertiary alicyclic amines) is 1. The zero-order valence-electron chi connectivity index (χ0n) is 16.3. The summed E-state index contributed by atoms with van der Waals surface area (Å²) in [6.07, 6.45) is 1.69. The fraction of sp³-hybridized carbons (Fsp3) is 0.250. The van der Waals surface area contributed by atoms with Gasteiger partial charge < -0.3 is 20.3 Å². The molecule has 1 atom stereocenters. The monoisotopic (exact) mass is 422 g/mol. The number of fused-ring (bicyclic) bond motifs is 1. The second kappa shape index (κ2) is 6.57. The van der Waals surface area contributed by atoms with Crippen LogP contribution in [0.1, 0.15) is 17.7 Å². The molecule has 1 fully saturated rings. The molecule has 1 unspecified atom stereocenters. The van der Waals surface area contributed by atoms with Gasteiger partial charge in [0.1, 0.15) is 27.4 Å². The van der Waals surface area contributed by atoms with Gasteiger partial charge >= 0.3 is 0 Å². The van der Waals surface area contributed by atoms with Gasteiger partial charge in [-0.25, -0.2) is 15.0 Å². The summed E-state index contributed by atoms with van der Waals surface area (Å²) < 4.78 is 5.37. The van der Waals surface area contributed by atoms with Crippen molar-refractivity contribution in [3.63, 3.8) is 0 Å². The molecule has 4 aromatic rings. The summed E-state index contributed by atoms with van der Waals surface area (Å²) >= 11 is 1.43. The first-order valence-electron chi connectivity index (χ1n) is 9.30. The molecule has 0 bridgehead atoms. The lowest BCUT2D eigenvalue weighted by molar-refractivity contribution is -0.144. The highest BCUT2D eigenvalue weighted by molar-refractivity contribution is 7.21. The average Bonchev–Trinajstić information content (AvgIpc) is 3.45. The third kappa shape index (κ3) is 2.76. The molecule has 0 radical (unpaired) electrons. The predicted molar refractivity (Wildman–Crippen MR) is 111 cm³/mol. The number of carbonyl (C=O) groups is 1. The zero-order chi connectivity index (χ0) is 21.0. The minimum atomic E-state index is -1.67. The first kappa shape index (κ1) is 18.6. The number of nitrogens with two attached hydrogens (primary N) is 1. The van der Waals surface area contributed by atoms with Crippen LogP contribution in [0.3, 0.4) is 0 Å². The summed E-state index contributed by atoms with van der Waals surface area (Å²) in [6.45, 7) is 2.45. The Hall–Kier alpha value is -3.37. The van der Waals surface area contributed by atoms with Crippen LogP contribution in [-0.2, 0) is 10.4 Å². The van der Waals surface area contributed by atoms with Crippen molar-refractivity contribution in [3.8, 4) is 21.8 Å². The second-order valence-electron chi connectivity index (χ2n) is 7.37. The van der Waals surface area contributed by atoms with Crippen molar-refractivity contribution in [1.82, 2.24) is 25.0 Å². The van der Waals surface area contributed by atoms with E-state index < -0.39 is 5.60 Å². The van der Waals surface area contributed by atoms with Crippen LogP contribution < -0.4 is 5.73 Å². The number of aliphatic hydroxyl groups is 1. The summed E-state index contributed by atoms with van der Waals surface area (Å²) in [5, 5.41) is 15.6. The van der Waals surface area contributed by atoms with Gasteiger partial charge in [0.05, 0.1) is 0 Å². The van der Waals surface area contributed by atoms with E-state index in [9.17, 15) is 9.90 Å². The molecule has 10 heteroatoms. The average molecular weight is 422 g/mol. The molecule has 30 heavy (non-hydrogen) atoms. The Bertz CT molecular complexity index is 1300. The molecule has 3 N–H and O–H groups in total. The largest absolute Gasteiger partial charge is 0.382 e. The highest BCUT2D eigenvalue weighted by Crippen LogP contribution is 2.37. The number of aryl methyl sites for hydroxylation is 1. The van der Waals surface area contributed by atoms with Gasteiger partial charge in [0.25, 0.3) is 5.91 Å². The molecule has 9 nitrogen and oxygen atoms in total. The molecule has 1 aliphatic heterocycles. The van der Waals surface area contributed by atoms with E-state index in [0.717, 1.165) is 26.5 Å². The third-order valence-corrected chi connectivity index (χ3v) is 6.41. The number of thiazole rings is 1. The van der Waals surface area contributed by atoms with E-state index >= 15 is 0 Å². The van der Waals surface area contributed by atoms with E-state index in [2.05, 4.69) is 20.1 Å². The number of nitrogen functional groups attached to an aromatic ring is 1. The van der Waals surface area contributed by atoms with Gasteiger partial charge in [-0.3, -0.25) is 4.79 Å². The Morgan fingerprint density at radius 1 is 1.30 bits per heavy atom. The van der Waals surface area contributed by atoms with E-state index in [0.29, 0.717) is 23.6 Å². The van der Waals surface area contributed by atoms with E-state index in [4.69, 9.17) is 10.3 Å². The second-order valence-corrected chi connectivity index (χ2v) is 8.35. The molecule has 1 aliphatic rings. The lowest BCUT2D eigenvalue weighted by Gasteiger charge is -2.16. The van der Waals surface area contributed by atoms with Crippen molar-refractivity contribution >= 4 is 33.4 Å². The fourth-order valence-electron chi connectivity index (χ4n) is 3.59. The van der Waals surface area contributed by atoms with Crippen LogP contribution in [0.25, 0.3) is 32.2 Å². The standard InChI is InChI=1S/C20H18N6O3S/c1-10-3-4-11(7-12(10)17-24-15-16(21)22-9-23-18(15)30-17)13-8-14(29-25-13)20(28)5-6-26(2)19(20)27/h3-4,7-9,28H,5-6H2,1-2H3,(H2,21,22,23). The molecule has 1 saturated heterocycles. The number of anilines is 1. The Morgan fingerprint density at radius 3 is 2.87 bits per heavy atom. The van der Waals surface area contributed by atoms with Crippen LogP contribution in [-0.4, -0.2) is 49.6 Å². The number of hydrogen-bond donors (Lipinski definition) is 2. The maximum atomic E-state index is 12.3. The third-order valence-electron chi connectivity index (χ3n) is 5.41. The van der Waals surface area contributed by atoms with Crippen LogP contribution in [0, 0.1) is 6.92 Å². The molecular weight excluding hydrogens is 404 g/mol. The summed E-state index contributed by atoms with van der Waals surface area (Å²) in [5.74, 6) is 0.108. The fourth-order valence-corrected chi connectivity index (χ4v) is 4.58. The predicted octanol–water partition coefficient (Wildman–Crippen LogP) is 2.35. The molecule has 3 aromatic heterocycles. The van der Waals surface area contributed by atoms with Gasteiger partial charge in [-0.05, 0) is 18.6 Å². The van der Waals surface area contributed by atoms with Crippen molar-refractivity contribution < 1.29 is 14.4 Å². The van der Waals surface area contributed by atoms with Crippen molar-refractivity contribution in [2.24, 2.45) is 0 Å². The first-order valence-corrected chi connectivity index (χ1v) is 10.1. The number of hydrogen-bond acceptors (Lipinski definition) is 9. The number of amides is 1. The van der Waals surface area contributed by atoms with Crippen LogP contribution in [0.5, 0.6) is 0 Å². The number of aromatic nitrogens is 4. The van der Waals surface area contributed by atoms with E-state index in [1.54, 1.807) is 13.1 Å². The molecule has 5 rings (SSSR count). The first-order chi connectivity index (χ1) is 14.4. The van der Waals surface area contributed by atoms with Gasteiger partial charge in [0, 0.05) is 37.2 Å². The molecule has 152 valence electrons. The highest BCUT2D eigenvalue weighted by atomic mass is 32.1. The number of likely N-dealkylation sites (N-methyl/N-ethyl adjacent to an activating group) is 1. The van der Waals surface area contributed by atoms with Gasteiger partial charge in [0.15, 0.2) is 11.6 Å². The van der Waals surface area contributed by atoms with E-state index in [1.165, 1.54) is 22.6 Å². The van der Waals surface area contributed by atoms with Gasteiger partial charge in [-0.15, -0.1) is 0 Å². The maximum absolute atomic E-state index is 12.3. The summed E-state index contributed by atoms with van der Waals surface area (Å²) in [7, 11) is 1.65. The number of benzene rings is 1. The van der Waals surface area contributed by atoms with Gasteiger partial charge in [0.2, 0.25) is 5.60 Å². The Morgan fingerprint density at radius 2 is 2.13 bits per heavy atom. The van der Waals surface area contributed by atoms with Crippen LogP contribution >= 0.6 is 11.3 Å². The minimum Gasteiger partial charge on any atom is -0.382 e. The summed E-state index contributed by atoms with van der Waals surface area (Å²) in [6, 6.07) is 7.44. The molecular formula is C20H18N6O3S. The highest BCUT2D eigenvalue weighted by Gasteiger charge is 2.48. The van der Waals surface area contributed by atoms with Crippen molar-refractivity contribution in [2.45, 2.75) is 18.9 Å². The molecule has 0 aliphatic carbocycles. The molecule has 1 aromatic carbocycles. The van der Waals surface area contributed by atoms with Crippen molar-refractivity contribution in [1.29, 1.82) is 0 Å². The summed E-state index contributed by atoms with van der Waals surface area (Å²) in [4.78, 5) is 27.4. The molecule has 1 amide bonds. The maximum Gasteiger partial charge on any atom is 0.262 e. The van der Waals surface area contributed by atoms with Gasteiger partial charge in [-0.2, -0.15) is 0 Å². The Kier molecular flexibility index (Phi) is 4.09. The number of carbonyl (C=O) groups excluding carboxylic acids is 1. The Balaban J connectivity index is 1.55. The van der Waals surface area contributed by atoms with Crippen molar-refractivity contribution in [3.05, 3.63) is 41.9 Å². The lowest BCUT2D eigenvalue weighted by Crippen LogP contribution is -2.35. The smallest absolute Gasteiger partial charge is 0.262 e. The normalized spacial score (nSPS) is 19.2.